The summed E-state index contributed by atoms with van der Waals surface area (Å²) in [7, 11) is -2.37. The fourth-order valence-electron chi connectivity index (χ4n) is 2.16. The van der Waals surface area contributed by atoms with Gasteiger partial charge in [0, 0.05) is 9.95 Å². The summed E-state index contributed by atoms with van der Waals surface area (Å²) in [6.07, 6.45) is 0. The molecule has 24 heavy (non-hydrogen) atoms. The van der Waals surface area contributed by atoms with Gasteiger partial charge in [-0.25, -0.2) is 0 Å². The van der Waals surface area contributed by atoms with Gasteiger partial charge in [-0.2, -0.15) is 0 Å². The van der Waals surface area contributed by atoms with E-state index in [0.29, 0.717) is 5.75 Å². The van der Waals surface area contributed by atoms with Crippen LogP contribution in [0.15, 0.2) is 72.8 Å². The molecule has 3 rings (SSSR count). The van der Waals surface area contributed by atoms with E-state index in [9.17, 15) is 4.57 Å². The Hall–Kier alpha value is -2.46. The van der Waals surface area contributed by atoms with Crippen molar-refractivity contribution >= 4 is 19.0 Å². The van der Waals surface area contributed by atoms with Crippen LogP contribution in [0.4, 0.5) is 0 Å². The Kier molecular flexibility index (Phi) is 5.75. The molecule has 1 atom stereocenters. The van der Waals surface area contributed by atoms with Crippen molar-refractivity contribution in [2.24, 2.45) is 0 Å². The number of benzene rings is 3. The lowest BCUT2D eigenvalue weighted by Gasteiger charge is -2.07. The van der Waals surface area contributed by atoms with Gasteiger partial charge < -0.3 is 4.74 Å². The van der Waals surface area contributed by atoms with Crippen LogP contribution in [-0.4, -0.2) is 13.2 Å². The second-order valence-corrected chi connectivity index (χ2v) is 5.71. The lowest BCUT2D eigenvalue weighted by molar-refractivity contribution is -0.105. The van der Waals surface area contributed by atoms with Crippen LogP contribution in [0.5, 0.6) is 11.5 Å². The van der Waals surface area contributed by atoms with Gasteiger partial charge in [0.1, 0.15) is 23.6 Å². The molecule has 0 aliphatic rings. The van der Waals surface area contributed by atoms with E-state index in [4.69, 9.17) is 14.1 Å². The first-order valence-electron chi connectivity index (χ1n) is 7.43. The van der Waals surface area contributed by atoms with E-state index in [-0.39, 0.29) is 13.2 Å². The molecule has 3 aromatic rings. The number of hydrogen-bond donors (Lipinski definition) is 0. The maximum atomic E-state index is 11.6. The van der Waals surface area contributed by atoms with Crippen LogP contribution in [0.1, 0.15) is 0 Å². The molecule has 0 fully saturated rings. The van der Waals surface area contributed by atoms with Gasteiger partial charge in [-0.1, -0.05) is 54.6 Å². The topological polar surface area (TPSA) is 54.0 Å². The molecule has 122 valence electrons. The van der Waals surface area contributed by atoms with Gasteiger partial charge >= 0.3 is 8.25 Å². The first-order valence-corrected chi connectivity index (χ1v) is 8.53. The highest BCUT2D eigenvalue weighted by atomic mass is 31.1. The highest BCUT2D eigenvalue weighted by Gasteiger charge is 2.23. The lowest BCUT2D eigenvalue weighted by Crippen LogP contribution is -2.04. The van der Waals surface area contributed by atoms with E-state index in [1.807, 2.05) is 48.5 Å². The normalized spacial score (nSPS) is 11.2. The maximum Gasteiger partial charge on any atom is 0.738 e. The van der Waals surface area contributed by atoms with Crippen molar-refractivity contribution in [2.75, 3.05) is 13.2 Å². The second kappa shape index (κ2) is 8.41. The molecular weight excluding hydrogens is 327 g/mol. The maximum absolute atomic E-state index is 11.6. The number of fused-ring (bicyclic) bond motifs is 1. The number of rotatable bonds is 8. The highest BCUT2D eigenvalue weighted by Crippen LogP contribution is 2.27. The van der Waals surface area contributed by atoms with Gasteiger partial charge in [0.2, 0.25) is 0 Å². The molecule has 3 aromatic carbocycles. The van der Waals surface area contributed by atoms with Crippen molar-refractivity contribution in [3.63, 3.8) is 0 Å². The van der Waals surface area contributed by atoms with Crippen LogP contribution >= 0.6 is 8.25 Å². The molecule has 0 spiro atoms. The van der Waals surface area contributed by atoms with E-state index in [2.05, 4.69) is 4.67 Å². The third-order valence-electron chi connectivity index (χ3n) is 3.22. The molecule has 0 bridgehead atoms. The summed E-state index contributed by atoms with van der Waals surface area (Å²) in [6, 6.07) is 22.6. The van der Waals surface area contributed by atoms with Crippen molar-refractivity contribution < 1.29 is 23.4 Å². The Morgan fingerprint density at radius 2 is 1.54 bits per heavy atom. The third kappa shape index (κ3) is 4.52. The van der Waals surface area contributed by atoms with Gasteiger partial charge in [0.05, 0.1) is 0 Å². The molecule has 0 aliphatic carbocycles. The largest absolute Gasteiger partial charge is 0.738 e. The number of hydrogen-bond acceptors (Lipinski definition) is 5. The molecule has 0 heterocycles. The zero-order valence-corrected chi connectivity index (χ0v) is 13.7. The van der Waals surface area contributed by atoms with E-state index in [0.717, 1.165) is 16.5 Å². The fourth-order valence-corrected chi connectivity index (χ4v) is 2.57. The molecule has 5 nitrogen and oxygen atoms in total. The van der Waals surface area contributed by atoms with Crippen LogP contribution in [0.25, 0.3) is 10.8 Å². The molecule has 0 radical (unpaired) electrons. The Morgan fingerprint density at radius 1 is 0.792 bits per heavy atom. The lowest BCUT2D eigenvalue weighted by atomic mass is 10.1. The van der Waals surface area contributed by atoms with Crippen LogP contribution < -0.4 is 9.62 Å². The summed E-state index contributed by atoms with van der Waals surface area (Å²) < 4.78 is 27.0. The molecule has 0 saturated heterocycles. The summed E-state index contributed by atoms with van der Waals surface area (Å²) in [5, 5.41) is 2.12. The summed E-state index contributed by atoms with van der Waals surface area (Å²) in [6.45, 7) is 0.375. The Balaban J connectivity index is 1.42. The second-order valence-electron chi connectivity index (χ2n) is 4.85. The monoisotopic (exact) mass is 343 g/mol. The SMILES string of the molecule is O=[P+](OCCOc1cccc2ccccc12)OOc1ccccc1. The summed E-state index contributed by atoms with van der Waals surface area (Å²) >= 11 is 0. The standard InChI is InChI=1S/C18H16O5P/c19-24(23-22-16-9-2-1-3-10-16)21-14-13-20-18-12-6-8-15-7-4-5-11-17(15)18/h1-12H,13-14H2/q+1. The Morgan fingerprint density at radius 3 is 2.42 bits per heavy atom. The van der Waals surface area contributed by atoms with Gasteiger partial charge in [-0.3, -0.25) is 4.89 Å². The third-order valence-corrected chi connectivity index (χ3v) is 3.81. The van der Waals surface area contributed by atoms with Gasteiger partial charge in [0.25, 0.3) is 0 Å². The van der Waals surface area contributed by atoms with Crippen molar-refractivity contribution in [3.8, 4) is 11.5 Å². The smallest absolute Gasteiger partial charge is 0.490 e. The van der Waals surface area contributed by atoms with Crippen molar-refractivity contribution in [2.45, 2.75) is 0 Å². The van der Waals surface area contributed by atoms with E-state index >= 15 is 0 Å². The predicted molar refractivity (Wildman–Crippen MR) is 91.2 cm³/mol. The van der Waals surface area contributed by atoms with Crippen LogP contribution in [0.2, 0.25) is 0 Å². The minimum Gasteiger partial charge on any atom is -0.490 e. The molecule has 0 N–H and O–H groups in total. The summed E-state index contributed by atoms with van der Waals surface area (Å²) in [5.41, 5.74) is 0. The van der Waals surface area contributed by atoms with Gasteiger partial charge in [-0.05, 0) is 23.6 Å². The molecule has 0 aromatic heterocycles. The van der Waals surface area contributed by atoms with Crippen molar-refractivity contribution in [1.29, 1.82) is 0 Å². The quantitative estimate of drug-likeness (QED) is 0.252. The van der Waals surface area contributed by atoms with Crippen LogP contribution in [0.3, 0.4) is 0 Å². The molecular formula is C18H16O5P+. The highest BCUT2D eigenvalue weighted by molar-refractivity contribution is 7.33. The first kappa shape index (κ1) is 16.4. The molecule has 1 unspecified atom stereocenters. The Bertz CT molecular complexity index is 801. The van der Waals surface area contributed by atoms with Crippen LogP contribution in [-0.2, 0) is 13.8 Å². The predicted octanol–water partition coefficient (Wildman–Crippen LogP) is 4.90. The van der Waals surface area contributed by atoms with E-state index in [1.54, 1.807) is 24.3 Å². The first-order chi connectivity index (χ1) is 11.8. The number of para-hydroxylation sites is 1. The average molecular weight is 343 g/mol. The van der Waals surface area contributed by atoms with E-state index in [1.165, 1.54) is 0 Å². The molecule has 0 aliphatic heterocycles. The summed E-state index contributed by atoms with van der Waals surface area (Å²) in [4.78, 5) is 4.89. The van der Waals surface area contributed by atoms with Gasteiger partial charge in [-0.15, -0.1) is 4.52 Å². The number of ether oxygens (including phenoxy) is 1. The fraction of sp³-hybridized carbons (Fsp3) is 0.111. The zero-order valence-electron chi connectivity index (χ0n) is 12.8. The molecule has 0 amide bonds. The average Bonchev–Trinajstić information content (AvgIpc) is 2.64. The molecule has 6 heteroatoms. The molecule has 0 saturated carbocycles. The minimum atomic E-state index is -2.37. The van der Waals surface area contributed by atoms with Crippen molar-refractivity contribution in [3.05, 3.63) is 72.8 Å². The van der Waals surface area contributed by atoms with Crippen LogP contribution in [0, 0.1) is 0 Å². The summed E-state index contributed by atoms with van der Waals surface area (Å²) in [5.74, 6) is 1.21. The van der Waals surface area contributed by atoms with E-state index < -0.39 is 8.25 Å². The van der Waals surface area contributed by atoms with Crippen molar-refractivity contribution in [1.82, 2.24) is 0 Å². The Labute approximate surface area is 140 Å². The van der Waals surface area contributed by atoms with Gasteiger partial charge in [0.15, 0.2) is 5.75 Å². The zero-order chi connectivity index (χ0) is 16.6. The minimum absolute atomic E-state index is 0.122.